The maximum atomic E-state index is 11.2. The molecule has 0 fully saturated rings. The molecule has 0 aliphatic carbocycles. The Morgan fingerprint density at radius 3 is 2.44 bits per heavy atom. The van der Waals surface area contributed by atoms with Gasteiger partial charge in [-0.3, -0.25) is 20.4 Å². The fourth-order valence-corrected chi connectivity index (χ4v) is 1.61. The molecule has 0 saturated carbocycles. The van der Waals surface area contributed by atoms with Gasteiger partial charge in [0.1, 0.15) is 0 Å². The first-order chi connectivity index (χ1) is 7.58. The van der Waals surface area contributed by atoms with Crippen LogP contribution in [0.2, 0.25) is 0 Å². The van der Waals surface area contributed by atoms with Crippen LogP contribution >= 0.6 is 11.8 Å². The minimum Gasteiger partial charge on any atom is -0.399 e. The normalized spacial score (nSPS) is 9.56. The Morgan fingerprint density at radius 1 is 1.25 bits per heavy atom. The van der Waals surface area contributed by atoms with E-state index < -0.39 is 0 Å². The molecule has 86 valence electrons. The number of thioether (sulfide) groups is 1. The van der Waals surface area contributed by atoms with Gasteiger partial charge >= 0.3 is 0 Å². The molecule has 6 heteroatoms. The number of anilines is 1. The van der Waals surface area contributed by atoms with Crippen LogP contribution in [-0.2, 0) is 9.59 Å². The van der Waals surface area contributed by atoms with Gasteiger partial charge in [-0.2, -0.15) is 0 Å². The van der Waals surface area contributed by atoms with E-state index in [9.17, 15) is 9.59 Å². The standard InChI is InChI=1S/C10H13N3O2S/c1-7(14)12-13-10(15)6-16-9-4-2-8(11)3-5-9/h2-5H,6,11H2,1H3,(H,12,14)(H,13,15). The molecule has 5 nitrogen and oxygen atoms in total. The Morgan fingerprint density at radius 2 is 1.88 bits per heavy atom. The first-order valence-corrected chi connectivity index (χ1v) is 5.60. The predicted molar refractivity (Wildman–Crippen MR) is 63.5 cm³/mol. The molecule has 1 rings (SSSR count). The molecule has 4 N–H and O–H groups in total. The van der Waals surface area contributed by atoms with Crippen LogP contribution in [0, 0.1) is 0 Å². The number of carbonyl (C=O) groups is 2. The van der Waals surface area contributed by atoms with Gasteiger partial charge in [0.25, 0.3) is 0 Å². The zero-order valence-electron chi connectivity index (χ0n) is 8.82. The van der Waals surface area contributed by atoms with E-state index in [1.54, 1.807) is 12.1 Å². The molecule has 0 spiro atoms. The van der Waals surface area contributed by atoms with Gasteiger partial charge in [-0.05, 0) is 24.3 Å². The molecule has 0 atom stereocenters. The number of hydrazine groups is 1. The molecular formula is C10H13N3O2S. The summed E-state index contributed by atoms with van der Waals surface area (Å²) >= 11 is 1.37. The van der Waals surface area contributed by atoms with Crippen LogP contribution in [0.5, 0.6) is 0 Å². The van der Waals surface area contributed by atoms with Gasteiger partial charge in [0.2, 0.25) is 11.8 Å². The lowest BCUT2D eigenvalue weighted by atomic mass is 10.3. The predicted octanol–water partition coefficient (Wildman–Crippen LogP) is 0.528. The number of carbonyl (C=O) groups excluding carboxylic acids is 2. The number of hydrogen-bond acceptors (Lipinski definition) is 4. The number of rotatable bonds is 3. The summed E-state index contributed by atoms with van der Waals surface area (Å²) in [7, 11) is 0. The summed E-state index contributed by atoms with van der Waals surface area (Å²) in [5.74, 6) is -0.313. The average Bonchev–Trinajstić information content (AvgIpc) is 2.25. The van der Waals surface area contributed by atoms with Crippen molar-refractivity contribution in [1.29, 1.82) is 0 Å². The van der Waals surface area contributed by atoms with Crippen molar-refractivity contribution in [1.82, 2.24) is 10.9 Å². The van der Waals surface area contributed by atoms with Crippen LogP contribution in [0.4, 0.5) is 5.69 Å². The Balaban J connectivity index is 2.31. The lowest BCUT2D eigenvalue weighted by Crippen LogP contribution is -2.41. The largest absolute Gasteiger partial charge is 0.399 e. The van der Waals surface area contributed by atoms with E-state index in [2.05, 4.69) is 10.9 Å². The van der Waals surface area contributed by atoms with Crippen molar-refractivity contribution >= 4 is 29.3 Å². The number of nitrogens with two attached hydrogens (primary N) is 1. The fourth-order valence-electron chi connectivity index (χ4n) is 0.907. The van der Waals surface area contributed by atoms with Crippen LogP contribution in [0.1, 0.15) is 6.92 Å². The summed E-state index contributed by atoms with van der Waals surface area (Å²) in [5, 5.41) is 0. The Bertz CT molecular complexity index is 378. The lowest BCUT2D eigenvalue weighted by molar-refractivity contribution is -0.126. The fraction of sp³-hybridized carbons (Fsp3) is 0.200. The van der Waals surface area contributed by atoms with Crippen molar-refractivity contribution in [3.05, 3.63) is 24.3 Å². The molecule has 0 bridgehead atoms. The molecule has 2 amide bonds. The van der Waals surface area contributed by atoms with Gasteiger partial charge in [0.05, 0.1) is 5.75 Å². The molecule has 0 aromatic heterocycles. The van der Waals surface area contributed by atoms with Crippen LogP contribution in [0.3, 0.4) is 0 Å². The number of hydrogen-bond donors (Lipinski definition) is 3. The summed E-state index contributed by atoms with van der Waals surface area (Å²) in [6.07, 6.45) is 0. The third kappa shape index (κ3) is 4.70. The van der Waals surface area contributed by atoms with E-state index >= 15 is 0 Å². The van der Waals surface area contributed by atoms with Crippen LogP contribution < -0.4 is 16.6 Å². The number of nitrogens with one attached hydrogen (secondary N) is 2. The van der Waals surface area contributed by atoms with Gasteiger partial charge in [0, 0.05) is 17.5 Å². The van der Waals surface area contributed by atoms with Crippen LogP contribution in [-0.4, -0.2) is 17.6 Å². The Hall–Kier alpha value is -1.69. The minimum absolute atomic E-state index is 0.240. The van der Waals surface area contributed by atoms with Crippen molar-refractivity contribution in [3.8, 4) is 0 Å². The van der Waals surface area contributed by atoms with Crippen molar-refractivity contribution in [2.24, 2.45) is 0 Å². The highest BCUT2D eigenvalue weighted by Crippen LogP contribution is 2.18. The molecule has 0 heterocycles. The summed E-state index contributed by atoms with van der Waals surface area (Å²) in [6.45, 7) is 1.33. The zero-order valence-corrected chi connectivity index (χ0v) is 9.64. The van der Waals surface area contributed by atoms with E-state index in [0.29, 0.717) is 5.69 Å². The van der Waals surface area contributed by atoms with Gasteiger partial charge in [-0.1, -0.05) is 0 Å². The third-order valence-corrected chi connectivity index (χ3v) is 2.64. The molecular weight excluding hydrogens is 226 g/mol. The molecule has 0 aliphatic rings. The van der Waals surface area contributed by atoms with Crippen molar-refractivity contribution in [2.45, 2.75) is 11.8 Å². The Labute approximate surface area is 97.7 Å². The molecule has 0 saturated heterocycles. The molecule has 1 aromatic carbocycles. The zero-order chi connectivity index (χ0) is 12.0. The highest BCUT2D eigenvalue weighted by atomic mass is 32.2. The summed E-state index contributed by atoms with van der Waals surface area (Å²) in [5.41, 5.74) is 10.7. The first kappa shape index (κ1) is 12.4. The van der Waals surface area contributed by atoms with Gasteiger partial charge < -0.3 is 5.73 Å². The van der Waals surface area contributed by atoms with Gasteiger partial charge in [-0.25, -0.2) is 0 Å². The number of benzene rings is 1. The van der Waals surface area contributed by atoms with E-state index in [-0.39, 0.29) is 17.6 Å². The second-order valence-corrected chi connectivity index (χ2v) is 4.14. The van der Waals surface area contributed by atoms with Crippen molar-refractivity contribution < 1.29 is 9.59 Å². The maximum Gasteiger partial charge on any atom is 0.248 e. The average molecular weight is 239 g/mol. The number of amides is 2. The Kier molecular flexibility index (Phi) is 4.65. The van der Waals surface area contributed by atoms with Crippen LogP contribution in [0.15, 0.2) is 29.2 Å². The van der Waals surface area contributed by atoms with Gasteiger partial charge in [-0.15, -0.1) is 11.8 Å². The second kappa shape index (κ2) is 6.02. The van der Waals surface area contributed by atoms with E-state index in [1.807, 2.05) is 12.1 Å². The molecule has 1 aromatic rings. The molecule has 0 unspecified atom stereocenters. The first-order valence-electron chi connectivity index (χ1n) is 4.61. The summed E-state index contributed by atoms with van der Waals surface area (Å²) in [4.78, 5) is 22.7. The molecule has 0 radical (unpaired) electrons. The summed E-state index contributed by atoms with van der Waals surface area (Å²) in [6, 6.07) is 7.22. The summed E-state index contributed by atoms with van der Waals surface area (Å²) < 4.78 is 0. The molecule has 16 heavy (non-hydrogen) atoms. The third-order valence-electron chi connectivity index (χ3n) is 1.63. The maximum absolute atomic E-state index is 11.2. The quantitative estimate of drug-likeness (QED) is 0.408. The second-order valence-electron chi connectivity index (χ2n) is 3.09. The molecule has 0 aliphatic heterocycles. The van der Waals surface area contributed by atoms with E-state index in [4.69, 9.17) is 5.73 Å². The van der Waals surface area contributed by atoms with Crippen molar-refractivity contribution in [2.75, 3.05) is 11.5 Å². The number of nitrogen functional groups attached to an aromatic ring is 1. The van der Waals surface area contributed by atoms with Crippen LogP contribution in [0.25, 0.3) is 0 Å². The smallest absolute Gasteiger partial charge is 0.248 e. The lowest BCUT2D eigenvalue weighted by Gasteiger charge is -2.04. The van der Waals surface area contributed by atoms with Gasteiger partial charge in [0.15, 0.2) is 0 Å². The topological polar surface area (TPSA) is 84.2 Å². The van der Waals surface area contributed by atoms with E-state index in [0.717, 1.165) is 4.90 Å². The SMILES string of the molecule is CC(=O)NNC(=O)CSc1ccc(N)cc1. The monoisotopic (exact) mass is 239 g/mol. The highest BCUT2D eigenvalue weighted by molar-refractivity contribution is 8.00. The van der Waals surface area contributed by atoms with Crippen molar-refractivity contribution in [3.63, 3.8) is 0 Å². The highest BCUT2D eigenvalue weighted by Gasteiger charge is 2.02. The van der Waals surface area contributed by atoms with E-state index in [1.165, 1.54) is 18.7 Å². The minimum atomic E-state index is -0.300.